The zero-order chi connectivity index (χ0) is 43.0. The van der Waals surface area contributed by atoms with Gasteiger partial charge < -0.3 is 9.47 Å². The fraction of sp³-hybridized carbons (Fsp3) is 0.0323. The highest BCUT2D eigenvalue weighted by molar-refractivity contribution is 5.98. The third kappa shape index (κ3) is 6.34. The van der Waals surface area contributed by atoms with Crippen LogP contribution in [0.4, 0.5) is 17.1 Å². The minimum absolute atomic E-state index is 0.606. The second-order valence-corrected chi connectivity index (χ2v) is 16.5. The van der Waals surface area contributed by atoms with E-state index in [4.69, 9.17) is 0 Å². The van der Waals surface area contributed by atoms with Crippen LogP contribution >= 0.6 is 0 Å². The molecule has 0 fully saturated rings. The first-order valence-corrected chi connectivity index (χ1v) is 22.1. The van der Waals surface area contributed by atoms with E-state index in [9.17, 15) is 0 Å². The standard InChI is InChI=1S/C62H46N2/c1-3-20-60-54(4-2)57-41-46(34-40-61(57)64(60)51-29-18-9-19-30-51)47-33-38-55-56-39-37-53(43-59(56)62(58(55)42-47,48-23-12-6-13-24-48)49-25-14-7-15-26-49)63(50-27-16-8-17-28-50)52-35-31-45(32-36-52)44-21-10-5-11-22-44/h3-43H,2H2,1H3/b20-3-. The number of para-hydroxylation sites is 2. The van der Waals surface area contributed by atoms with Crippen LogP contribution in [-0.2, 0) is 5.41 Å². The van der Waals surface area contributed by atoms with Crippen molar-refractivity contribution in [2.75, 3.05) is 4.90 Å². The van der Waals surface area contributed by atoms with Gasteiger partial charge in [-0.25, -0.2) is 0 Å². The van der Waals surface area contributed by atoms with Crippen molar-refractivity contribution in [3.05, 3.63) is 277 Å². The highest BCUT2D eigenvalue weighted by Crippen LogP contribution is 2.58. The first-order chi connectivity index (χ1) is 31.7. The Kier molecular flexibility index (Phi) is 9.83. The Labute approximate surface area is 376 Å². The number of rotatable bonds is 10. The van der Waals surface area contributed by atoms with Gasteiger partial charge in [-0.3, -0.25) is 0 Å². The summed E-state index contributed by atoms with van der Waals surface area (Å²) in [5.74, 6) is 0. The predicted molar refractivity (Wildman–Crippen MR) is 271 cm³/mol. The van der Waals surface area contributed by atoms with Gasteiger partial charge in [0.15, 0.2) is 0 Å². The number of hydrogen-bond acceptors (Lipinski definition) is 1. The molecule has 0 unspecified atom stereocenters. The van der Waals surface area contributed by atoms with Crippen LogP contribution in [-0.4, -0.2) is 4.57 Å². The van der Waals surface area contributed by atoms with E-state index in [1.807, 2.05) is 6.08 Å². The topological polar surface area (TPSA) is 8.17 Å². The lowest BCUT2D eigenvalue weighted by Crippen LogP contribution is -2.28. The molecule has 64 heavy (non-hydrogen) atoms. The van der Waals surface area contributed by atoms with E-state index in [1.165, 1.54) is 55.5 Å². The van der Waals surface area contributed by atoms with Gasteiger partial charge in [-0.1, -0.05) is 183 Å². The molecule has 11 rings (SSSR count). The number of allylic oxidation sites excluding steroid dienone is 1. The summed E-state index contributed by atoms with van der Waals surface area (Å²) in [6, 6.07) is 84.2. The van der Waals surface area contributed by atoms with Crippen LogP contribution in [0.3, 0.4) is 0 Å². The van der Waals surface area contributed by atoms with Crippen molar-refractivity contribution < 1.29 is 0 Å². The van der Waals surface area contributed by atoms with Crippen molar-refractivity contribution >= 4 is 40.1 Å². The Hall–Kier alpha value is -8.20. The summed E-state index contributed by atoms with van der Waals surface area (Å²) in [6.07, 6.45) is 6.31. The molecule has 1 heterocycles. The summed E-state index contributed by atoms with van der Waals surface area (Å²) >= 11 is 0. The van der Waals surface area contributed by atoms with Crippen molar-refractivity contribution in [1.82, 2.24) is 4.57 Å². The average Bonchev–Trinajstić information content (AvgIpc) is 3.84. The largest absolute Gasteiger partial charge is 0.310 e. The lowest BCUT2D eigenvalue weighted by Gasteiger charge is -2.35. The smallest absolute Gasteiger partial charge is 0.0714 e. The van der Waals surface area contributed by atoms with Crippen LogP contribution in [0.25, 0.3) is 62.1 Å². The van der Waals surface area contributed by atoms with Crippen LogP contribution in [0, 0.1) is 0 Å². The molecule has 0 amide bonds. The maximum absolute atomic E-state index is 4.31. The minimum Gasteiger partial charge on any atom is -0.310 e. The molecule has 1 aliphatic carbocycles. The van der Waals surface area contributed by atoms with Gasteiger partial charge in [-0.2, -0.15) is 0 Å². The highest BCUT2D eigenvalue weighted by Gasteiger charge is 2.46. The first kappa shape index (κ1) is 38.7. The van der Waals surface area contributed by atoms with Crippen LogP contribution in [0.5, 0.6) is 0 Å². The van der Waals surface area contributed by atoms with Crippen LogP contribution < -0.4 is 4.90 Å². The van der Waals surface area contributed by atoms with E-state index in [0.717, 1.165) is 45.1 Å². The molecule has 0 radical (unpaired) electrons. The first-order valence-electron chi connectivity index (χ1n) is 22.1. The molecule has 0 aliphatic heterocycles. The molecule has 0 bridgehead atoms. The summed E-state index contributed by atoms with van der Waals surface area (Å²) in [7, 11) is 0. The molecule has 2 nitrogen and oxygen atoms in total. The molecule has 9 aromatic carbocycles. The van der Waals surface area contributed by atoms with Gasteiger partial charge in [-0.15, -0.1) is 0 Å². The number of hydrogen-bond donors (Lipinski definition) is 0. The van der Waals surface area contributed by atoms with E-state index in [0.29, 0.717) is 0 Å². The van der Waals surface area contributed by atoms with Gasteiger partial charge in [0, 0.05) is 33.7 Å². The Balaban J connectivity index is 1.12. The number of benzene rings is 9. The van der Waals surface area contributed by atoms with Crippen molar-refractivity contribution in [3.8, 4) is 39.1 Å². The Morgan fingerprint density at radius 2 is 0.938 bits per heavy atom. The fourth-order valence-electron chi connectivity index (χ4n) is 10.2. The van der Waals surface area contributed by atoms with E-state index >= 15 is 0 Å². The monoisotopic (exact) mass is 818 g/mol. The zero-order valence-corrected chi connectivity index (χ0v) is 35.8. The Bertz CT molecular complexity index is 3270. The zero-order valence-electron chi connectivity index (χ0n) is 35.8. The summed E-state index contributed by atoms with van der Waals surface area (Å²) in [5.41, 5.74) is 19.4. The highest BCUT2D eigenvalue weighted by atomic mass is 15.1. The molecule has 0 N–H and O–H groups in total. The van der Waals surface area contributed by atoms with Gasteiger partial charge in [0.25, 0.3) is 0 Å². The number of anilines is 3. The molecule has 1 aromatic heterocycles. The van der Waals surface area contributed by atoms with E-state index in [1.54, 1.807) is 0 Å². The molecular weight excluding hydrogens is 773 g/mol. The summed E-state index contributed by atoms with van der Waals surface area (Å²) < 4.78 is 2.35. The lowest BCUT2D eigenvalue weighted by atomic mass is 9.67. The second-order valence-electron chi connectivity index (χ2n) is 16.5. The van der Waals surface area contributed by atoms with E-state index in [-0.39, 0.29) is 0 Å². The molecule has 0 saturated carbocycles. The lowest BCUT2D eigenvalue weighted by molar-refractivity contribution is 0.768. The predicted octanol–water partition coefficient (Wildman–Crippen LogP) is 16.5. The molecule has 0 atom stereocenters. The third-order valence-corrected chi connectivity index (χ3v) is 13.0. The normalized spacial score (nSPS) is 12.6. The van der Waals surface area contributed by atoms with Crippen molar-refractivity contribution in [2.24, 2.45) is 0 Å². The maximum Gasteiger partial charge on any atom is 0.0714 e. The molecule has 0 saturated heterocycles. The quantitative estimate of drug-likeness (QED) is 0.133. The number of nitrogens with zero attached hydrogens (tertiary/aromatic N) is 2. The molecule has 2 heteroatoms. The van der Waals surface area contributed by atoms with Crippen LogP contribution in [0.15, 0.2) is 243 Å². The minimum atomic E-state index is -0.606. The molecule has 304 valence electrons. The van der Waals surface area contributed by atoms with Crippen molar-refractivity contribution in [3.63, 3.8) is 0 Å². The summed E-state index contributed by atoms with van der Waals surface area (Å²) in [5, 5.41) is 1.17. The Morgan fingerprint density at radius 3 is 1.56 bits per heavy atom. The van der Waals surface area contributed by atoms with Crippen LogP contribution in [0.2, 0.25) is 0 Å². The van der Waals surface area contributed by atoms with Crippen molar-refractivity contribution in [2.45, 2.75) is 12.3 Å². The van der Waals surface area contributed by atoms with Gasteiger partial charge in [0.1, 0.15) is 0 Å². The van der Waals surface area contributed by atoms with Gasteiger partial charge in [0.2, 0.25) is 0 Å². The molecule has 1 aliphatic rings. The SMILES string of the molecule is C=Cc1c(/C=C\C)n(-c2ccccc2)c2ccc(-c3ccc4c(c3)C(c3ccccc3)(c3ccccc3)c3cc(N(c5ccccc5)c5ccc(-c6ccccc6)cc5)ccc3-4)cc12. The molecular formula is C62H46N2. The van der Waals surface area contributed by atoms with Crippen LogP contribution in [0.1, 0.15) is 40.4 Å². The Morgan fingerprint density at radius 1 is 0.453 bits per heavy atom. The molecule has 0 spiro atoms. The third-order valence-electron chi connectivity index (χ3n) is 13.0. The number of aromatic nitrogens is 1. The summed E-state index contributed by atoms with van der Waals surface area (Å²) in [4.78, 5) is 2.39. The average molecular weight is 819 g/mol. The van der Waals surface area contributed by atoms with Gasteiger partial charge in [-0.05, 0) is 135 Å². The second kappa shape index (κ2) is 16.2. The van der Waals surface area contributed by atoms with Gasteiger partial charge >= 0.3 is 0 Å². The van der Waals surface area contributed by atoms with E-state index in [2.05, 4.69) is 266 Å². The maximum atomic E-state index is 4.31. The summed E-state index contributed by atoms with van der Waals surface area (Å²) in [6.45, 7) is 6.39. The van der Waals surface area contributed by atoms with Gasteiger partial charge in [0.05, 0.1) is 16.6 Å². The van der Waals surface area contributed by atoms with Crippen molar-refractivity contribution in [1.29, 1.82) is 0 Å². The fourth-order valence-corrected chi connectivity index (χ4v) is 10.2. The number of fused-ring (bicyclic) bond motifs is 4. The van der Waals surface area contributed by atoms with E-state index < -0.39 is 5.41 Å². The molecule has 10 aromatic rings.